The Morgan fingerprint density at radius 1 is 1.33 bits per heavy atom. The van der Waals surface area contributed by atoms with Crippen LogP contribution < -0.4 is 16.1 Å². The zero-order valence-corrected chi connectivity index (χ0v) is 18.2. The molecule has 0 aromatic carbocycles. The number of carbonyl (C=O) groups is 1. The molecule has 30 heavy (non-hydrogen) atoms. The van der Waals surface area contributed by atoms with Gasteiger partial charge in [-0.3, -0.25) is 4.79 Å². The number of carbonyl (C=O) groups excluding carboxylic acids is 1. The quantitative estimate of drug-likeness (QED) is 0.575. The number of aromatic nitrogens is 2. The van der Waals surface area contributed by atoms with Gasteiger partial charge in [0.2, 0.25) is 0 Å². The summed E-state index contributed by atoms with van der Waals surface area (Å²) in [5.41, 5.74) is 4.08. The van der Waals surface area contributed by atoms with Crippen molar-refractivity contribution in [2.75, 3.05) is 7.11 Å². The molecule has 0 saturated heterocycles. The van der Waals surface area contributed by atoms with E-state index in [-0.39, 0.29) is 12.2 Å². The number of hydrogen-bond donors (Lipinski definition) is 1. The monoisotopic (exact) mass is 410 g/mol. The van der Waals surface area contributed by atoms with Crippen LogP contribution in [0.5, 0.6) is 0 Å². The van der Waals surface area contributed by atoms with Gasteiger partial charge in [0.1, 0.15) is 6.10 Å². The molecule has 160 valence electrons. The second kappa shape index (κ2) is 9.49. The first-order valence-corrected chi connectivity index (χ1v) is 10.6. The van der Waals surface area contributed by atoms with E-state index in [1.54, 1.807) is 10.6 Å². The molecule has 3 rings (SSSR count). The van der Waals surface area contributed by atoms with Gasteiger partial charge >= 0.3 is 0 Å². The molecule has 0 saturated carbocycles. The number of aliphatic hydroxyl groups excluding tert-OH is 1. The summed E-state index contributed by atoms with van der Waals surface area (Å²) in [4.78, 5) is 29.4. The Labute approximate surface area is 176 Å². The number of aldehydes is 1. The van der Waals surface area contributed by atoms with E-state index in [0.29, 0.717) is 29.7 Å². The largest absolute Gasteiger partial charge is 0.381 e. The molecule has 2 aromatic heterocycles. The van der Waals surface area contributed by atoms with Crippen molar-refractivity contribution in [3.05, 3.63) is 49.2 Å². The van der Waals surface area contributed by atoms with E-state index < -0.39 is 6.10 Å². The highest BCUT2D eigenvalue weighted by atomic mass is 16.5. The van der Waals surface area contributed by atoms with Gasteiger partial charge in [-0.2, -0.15) is 0 Å². The van der Waals surface area contributed by atoms with Crippen LogP contribution in [-0.4, -0.2) is 28.1 Å². The van der Waals surface area contributed by atoms with Crippen molar-refractivity contribution in [2.24, 2.45) is 0 Å². The van der Waals surface area contributed by atoms with Gasteiger partial charge in [-0.05, 0) is 43.0 Å². The highest BCUT2D eigenvalue weighted by Gasteiger charge is 2.28. The van der Waals surface area contributed by atoms with E-state index in [4.69, 9.17) is 9.72 Å². The van der Waals surface area contributed by atoms with E-state index >= 15 is 0 Å². The van der Waals surface area contributed by atoms with E-state index in [1.165, 1.54) is 12.7 Å². The molecule has 2 aromatic rings. The van der Waals surface area contributed by atoms with Crippen molar-refractivity contribution < 1.29 is 14.6 Å². The summed E-state index contributed by atoms with van der Waals surface area (Å²) in [6, 6.07) is 1.72. The van der Waals surface area contributed by atoms with E-state index in [0.717, 1.165) is 47.5 Å². The molecule has 1 aliphatic heterocycles. The maximum atomic E-state index is 13.3. The first kappa shape index (κ1) is 22.1. The van der Waals surface area contributed by atoms with Crippen LogP contribution in [0.3, 0.4) is 0 Å². The Morgan fingerprint density at radius 3 is 2.70 bits per heavy atom. The molecule has 3 heterocycles. The summed E-state index contributed by atoms with van der Waals surface area (Å²) in [5, 5.41) is 12.3. The molecule has 1 N–H and O–H groups in total. The summed E-state index contributed by atoms with van der Waals surface area (Å²) >= 11 is 0. The number of nitrogens with zero attached hydrogens (tertiary/aromatic N) is 2. The molecule has 1 unspecified atom stereocenters. The smallest absolute Gasteiger partial charge is 0.257 e. The van der Waals surface area contributed by atoms with Crippen molar-refractivity contribution in [3.63, 3.8) is 0 Å². The van der Waals surface area contributed by atoms with Crippen LogP contribution in [0.4, 0.5) is 0 Å². The van der Waals surface area contributed by atoms with Crippen LogP contribution >= 0.6 is 0 Å². The number of fused-ring (bicyclic) bond motifs is 3. The van der Waals surface area contributed by atoms with Crippen molar-refractivity contribution in [3.8, 4) is 11.4 Å². The zero-order valence-electron chi connectivity index (χ0n) is 18.2. The Morgan fingerprint density at radius 2 is 2.10 bits per heavy atom. The van der Waals surface area contributed by atoms with Crippen molar-refractivity contribution >= 4 is 18.4 Å². The lowest BCUT2D eigenvalue weighted by Crippen LogP contribution is -2.33. The second-order valence-electron chi connectivity index (χ2n) is 7.59. The highest BCUT2D eigenvalue weighted by molar-refractivity contribution is 5.70. The minimum absolute atomic E-state index is 0.0364. The fraction of sp³-hybridized carbons (Fsp3) is 0.458. The third-order valence-electron chi connectivity index (χ3n) is 5.68. The van der Waals surface area contributed by atoms with Crippen molar-refractivity contribution in [1.82, 2.24) is 9.55 Å². The third kappa shape index (κ3) is 3.77. The number of ether oxygens (including phenoxy) is 1. The molecular weight excluding hydrogens is 380 g/mol. The molecule has 0 bridgehead atoms. The first-order valence-electron chi connectivity index (χ1n) is 10.6. The number of hydrogen-bond acceptors (Lipinski definition) is 5. The van der Waals surface area contributed by atoms with E-state index in [1.807, 2.05) is 13.0 Å². The van der Waals surface area contributed by atoms with E-state index in [2.05, 4.69) is 19.9 Å². The molecule has 1 aliphatic rings. The predicted molar refractivity (Wildman–Crippen MR) is 118 cm³/mol. The van der Waals surface area contributed by atoms with Crippen molar-refractivity contribution in [2.45, 2.75) is 65.7 Å². The standard InChI is InChI=1S/C24H30N2O4/c1-5-8-10-15-16(9-6-2)20(7-3)25-23-18(15)12-26-21(23)11-17(22(28)13-27)19(14-30-4)24(26)29/h7,9,11,13,22,28H,5-6,8,10,12,14H2,1-4H3/b16-9-,20-7+. The normalized spacial score (nSPS) is 14.7. The second-order valence-corrected chi connectivity index (χ2v) is 7.59. The van der Waals surface area contributed by atoms with Gasteiger partial charge in [-0.1, -0.05) is 32.4 Å². The minimum Gasteiger partial charge on any atom is -0.381 e. The van der Waals surface area contributed by atoms with Gasteiger partial charge < -0.3 is 19.2 Å². The van der Waals surface area contributed by atoms with Crippen LogP contribution in [0.2, 0.25) is 0 Å². The SMILES string of the molecule is C/C=c1/nc2c(c(CCCC)/c1=C/CC)Cn1c-2cc(C(O)C=O)c(COC)c1=O. The lowest BCUT2D eigenvalue weighted by molar-refractivity contribution is -0.115. The maximum Gasteiger partial charge on any atom is 0.257 e. The molecule has 0 spiro atoms. The van der Waals surface area contributed by atoms with Gasteiger partial charge in [0.25, 0.3) is 5.56 Å². The number of aliphatic hydroxyl groups is 1. The first-order chi connectivity index (χ1) is 14.5. The average Bonchev–Trinajstić information content (AvgIpc) is 3.12. The number of unbranched alkanes of at least 4 members (excludes halogenated alkanes) is 1. The molecule has 0 amide bonds. The van der Waals surface area contributed by atoms with Gasteiger partial charge in [0.15, 0.2) is 6.29 Å². The molecule has 6 heteroatoms. The van der Waals surface area contributed by atoms with E-state index in [9.17, 15) is 14.7 Å². The highest BCUT2D eigenvalue weighted by Crippen LogP contribution is 2.32. The maximum absolute atomic E-state index is 13.3. The van der Waals surface area contributed by atoms with Gasteiger partial charge in [0.05, 0.1) is 29.9 Å². The van der Waals surface area contributed by atoms with Gasteiger partial charge in [-0.15, -0.1) is 0 Å². The lowest BCUT2D eigenvalue weighted by Gasteiger charge is -2.14. The molecule has 0 aliphatic carbocycles. The van der Waals surface area contributed by atoms with Crippen LogP contribution in [0, 0.1) is 0 Å². The van der Waals surface area contributed by atoms with Crippen LogP contribution in [-0.2, 0) is 29.1 Å². The zero-order chi connectivity index (χ0) is 21.8. The topological polar surface area (TPSA) is 81.4 Å². The van der Waals surface area contributed by atoms with Crippen LogP contribution in [0.25, 0.3) is 23.5 Å². The summed E-state index contributed by atoms with van der Waals surface area (Å²) in [6.45, 7) is 6.73. The summed E-state index contributed by atoms with van der Waals surface area (Å²) in [7, 11) is 1.49. The fourth-order valence-electron chi connectivity index (χ4n) is 4.23. The van der Waals surface area contributed by atoms with Gasteiger partial charge in [-0.25, -0.2) is 4.98 Å². The van der Waals surface area contributed by atoms with Crippen LogP contribution in [0.1, 0.15) is 68.4 Å². The molecule has 6 nitrogen and oxygen atoms in total. The average molecular weight is 411 g/mol. The molecule has 0 fully saturated rings. The van der Waals surface area contributed by atoms with Crippen molar-refractivity contribution in [1.29, 1.82) is 0 Å². The molecular formula is C24H30N2O4. The minimum atomic E-state index is -1.37. The van der Waals surface area contributed by atoms with Gasteiger partial charge in [0, 0.05) is 23.8 Å². The fourth-order valence-corrected chi connectivity index (χ4v) is 4.23. The Hall–Kier alpha value is -2.57. The number of rotatable bonds is 8. The summed E-state index contributed by atoms with van der Waals surface area (Å²) in [6.07, 6.45) is 7.23. The number of methoxy groups -OCH3 is 1. The summed E-state index contributed by atoms with van der Waals surface area (Å²) in [5.74, 6) is 0. The summed E-state index contributed by atoms with van der Waals surface area (Å²) < 4.78 is 6.87. The Kier molecular flexibility index (Phi) is 7.00. The molecule has 1 atom stereocenters. The number of pyridine rings is 2. The Bertz CT molecular complexity index is 1130. The Balaban J connectivity index is 2.36. The predicted octanol–water partition coefficient (Wildman–Crippen LogP) is 1.98. The molecule has 0 radical (unpaired) electrons. The van der Waals surface area contributed by atoms with Crippen LogP contribution in [0.15, 0.2) is 10.9 Å². The lowest BCUT2D eigenvalue weighted by atomic mass is 9.97. The third-order valence-corrected chi connectivity index (χ3v) is 5.68.